The molecule has 0 amide bonds. The van der Waals surface area contributed by atoms with Gasteiger partial charge in [0, 0.05) is 28.9 Å². The second-order valence-electron chi connectivity index (χ2n) is 2.12. The fourth-order valence-corrected chi connectivity index (χ4v) is 1.94. The zero-order chi connectivity index (χ0) is 8.22. The summed E-state index contributed by atoms with van der Waals surface area (Å²) < 4.78 is 27.9. The van der Waals surface area contributed by atoms with E-state index in [-0.39, 0.29) is 0 Å². The first-order chi connectivity index (χ1) is 5.03. The number of hydrogen-bond donors (Lipinski definition) is 1. The van der Waals surface area contributed by atoms with Crippen molar-refractivity contribution in [2.45, 2.75) is 0 Å². The van der Waals surface area contributed by atoms with E-state index >= 15 is 0 Å². The second-order valence-corrected chi connectivity index (χ2v) is 4.18. The van der Waals surface area contributed by atoms with E-state index in [1.54, 1.807) is 0 Å². The Morgan fingerprint density at radius 3 is 2.00 bits per heavy atom. The predicted molar refractivity (Wildman–Crippen MR) is 33.0 cm³/mol. The molecule has 52 valence electrons. The van der Waals surface area contributed by atoms with E-state index in [9.17, 15) is 9.46 Å². The third-order valence-electron chi connectivity index (χ3n) is 1.36. The Kier molecular flexibility index (Phi) is 0.717. The lowest BCUT2D eigenvalue weighted by Gasteiger charge is -2.10. The fourth-order valence-electron chi connectivity index (χ4n) is 0.646. The smallest absolute Gasteiger partial charge is 0.322 e. The van der Waals surface area contributed by atoms with Crippen molar-refractivity contribution >= 4 is 7.67 Å². The summed E-state index contributed by atoms with van der Waals surface area (Å²) in [4.78, 5) is 9.30. The molecule has 4 unspecified atom stereocenters. The van der Waals surface area contributed by atoms with Gasteiger partial charge in [-0.15, -0.1) is 0 Å². The molecule has 0 spiro atoms. The van der Waals surface area contributed by atoms with Gasteiger partial charge in [-0.1, -0.05) is 0 Å². The van der Waals surface area contributed by atoms with Crippen molar-refractivity contribution in [2.24, 2.45) is 0 Å². The summed E-state index contributed by atoms with van der Waals surface area (Å²) in [6, 6.07) is 0. The van der Waals surface area contributed by atoms with Crippen LogP contribution in [0.2, 0.25) is 0 Å². The Hall–Kier alpha value is 0.110. The van der Waals surface area contributed by atoms with Crippen LogP contribution in [-0.4, -0.2) is 40.4 Å². The molecule has 2 aliphatic rings. The van der Waals surface area contributed by atoms with Crippen LogP contribution in [0.5, 0.6) is 0 Å². The van der Waals surface area contributed by atoms with Gasteiger partial charge < -0.3 is 4.89 Å². The highest BCUT2D eigenvalue weighted by Gasteiger charge is 2.46. The molecule has 4 atom stereocenters. The molecule has 2 saturated heterocycles. The van der Waals surface area contributed by atoms with Crippen LogP contribution in [0.25, 0.3) is 0 Å². The molecular formula is C4H9N2O2P. The molecule has 5 heteroatoms. The summed E-state index contributed by atoms with van der Waals surface area (Å²) >= 11 is 0. The van der Waals surface area contributed by atoms with Crippen molar-refractivity contribution in [3.8, 4) is 0 Å². The highest BCUT2D eigenvalue weighted by Crippen LogP contribution is 2.56. The third-order valence-corrected chi connectivity index (χ3v) is 3.35. The Morgan fingerprint density at radius 1 is 1.44 bits per heavy atom. The molecule has 0 radical (unpaired) electrons. The predicted octanol–water partition coefficient (Wildman–Crippen LogP) is -0.282. The van der Waals surface area contributed by atoms with Gasteiger partial charge in [0.1, 0.15) is 0 Å². The first-order valence-electron chi connectivity index (χ1n) is 3.90. The normalized spacial score (nSPS) is 65.4. The van der Waals surface area contributed by atoms with Crippen molar-refractivity contribution in [1.29, 1.82) is 0 Å². The number of nitrogens with zero attached hydrogens (tertiary/aromatic N) is 2. The highest BCUT2D eigenvalue weighted by molar-refractivity contribution is 7.53. The van der Waals surface area contributed by atoms with Crippen molar-refractivity contribution < 1.29 is 12.2 Å². The Morgan fingerprint density at radius 2 is 1.78 bits per heavy atom. The lowest BCUT2D eigenvalue weighted by Crippen LogP contribution is -2.01. The van der Waals surface area contributed by atoms with Gasteiger partial charge in [-0.25, -0.2) is 9.34 Å². The van der Waals surface area contributed by atoms with E-state index in [4.69, 9.17) is 2.74 Å². The molecule has 9 heavy (non-hydrogen) atoms. The molecule has 0 bridgehead atoms. The first-order valence-corrected chi connectivity index (χ1v) is 4.31. The maximum atomic E-state index is 11.3. The monoisotopic (exact) mass is 150 g/mol. The number of rotatable bonds is 2. The van der Waals surface area contributed by atoms with Crippen molar-refractivity contribution in [2.75, 3.05) is 26.1 Å². The maximum absolute atomic E-state index is 11.3. The van der Waals surface area contributed by atoms with Crippen molar-refractivity contribution in [3.05, 3.63) is 0 Å². The zero-order valence-corrected chi connectivity index (χ0v) is 5.66. The summed E-state index contributed by atoms with van der Waals surface area (Å²) in [6.45, 7) is -0.342. The Balaban J connectivity index is 2.05. The molecule has 2 aliphatic heterocycles. The van der Waals surface area contributed by atoms with Crippen LogP contribution in [0.3, 0.4) is 0 Å². The van der Waals surface area contributed by atoms with Crippen LogP contribution in [-0.2, 0) is 4.57 Å². The van der Waals surface area contributed by atoms with E-state index in [2.05, 4.69) is 0 Å². The van der Waals surface area contributed by atoms with Gasteiger partial charge in [-0.2, -0.15) is 0 Å². The molecule has 4 nitrogen and oxygen atoms in total. The molecule has 0 aromatic carbocycles. The largest absolute Gasteiger partial charge is 0.343 e. The third kappa shape index (κ3) is 0.923. The van der Waals surface area contributed by atoms with Gasteiger partial charge in [0.15, 0.2) is 0 Å². The van der Waals surface area contributed by atoms with Crippen LogP contribution >= 0.6 is 7.67 Å². The van der Waals surface area contributed by atoms with Gasteiger partial charge in [-0.3, -0.25) is 4.57 Å². The molecule has 2 rings (SSSR count). The van der Waals surface area contributed by atoms with Crippen LogP contribution in [0.4, 0.5) is 0 Å². The lowest BCUT2D eigenvalue weighted by atomic mass is 11.0. The second kappa shape index (κ2) is 1.58. The summed E-state index contributed by atoms with van der Waals surface area (Å²) in [5.74, 6) is 0. The van der Waals surface area contributed by atoms with E-state index in [0.717, 1.165) is 0 Å². The van der Waals surface area contributed by atoms with Crippen molar-refractivity contribution in [1.82, 2.24) is 9.34 Å². The Bertz CT molecular complexity index is 218. The van der Waals surface area contributed by atoms with Gasteiger partial charge in [-0.05, 0) is 0 Å². The minimum atomic E-state index is -3.43. The molecule has 0 aromatic heterocycles. The quantitative estimate of drug-likeness (QED) is 0.434. The van der Waals surface area contributed by atoms with Gasteiger partial charge in [0.2, 0.25) is 0 Å². The minimum Gasteiger partial charge on any atom is -0.322 e. The average molecular weight is 150 g/mol. The molecule has 1 N–H and O–H groups in total. The summed E-state index contributed by atoms with van der Waals surface area (Å²) in [5.41, 5.74) is 0. The van der Waals surface area contributed by atoms with Gasteiger partial charge >= 0.3 is 7.67 Å². The Labute approximate surface area is 56.4 Å². The molecule has 2 heterocycles. The molecule has 2 fully saturated rings. The van der Waals surface area contributed by atoms with Crippen LogP contribution in [0.1, 0.15) is 2.74 Å². The molecule has 0 saturated carbocycles. The van der Waals surface area contributed by atoms with E-state index in [1.807, 2.05) is 0 Å². The molecule has 0 aromatic rings. The first kappa shape index (κ1) is 4.09. The maximum Gasteiger partial charge on any atom is 0.343 e. The average Bonchev–Trinajstić information content (AvgIpc) is 2.69. The molecule has 0 aliphatic carbocycles. The summed E-state index contributed by atoms with van der Waals surface area (Å²) in [5, 5.41) is 0. The van der Waals surface area contributed by atoms with E-state index in [1.165, 1.54) is 9.34 Å². The van der Waals surface area contributed by atoms with E-state index < -0.39 is 20.7 Å². The summed E-state index contributed by atoms with van der Waals surface area (Å²) in [7, 11) is -3.43. The minimum absolute atomic E-state index is 0.358. The van der Waals surface area contributed by atoms with Crippen LogP contribution in [0.15, 0.2) is 0 Å². The van der Waals surface area contributed by atoms with Gasteiger partial charge in [0.05, 0.1) is 0 Å². The lowest BCUT2D eigenvalue weighted by molar-refractivity contribution is 0.404. The zero-order valence-electron chi connectivity index (χ0n) is 6.77. The SMILES string of the molecule is [2H]C1CN1P(=O)(O)N1CC1[2H]. The molecular weight excluding hydrogens is 139 g/mol. The summed E-state index contributed by atoms with van der Waals surface area (Å²) in [6.07, 6.45) is 0. The van der Waals surface area contributed by atoms with Crippen LogP contribution in [0, 0.1) is 0 Å². The van der Waals surface area contributed by atoms with Gasteiger partial charge in [0.25, 0.3) is 0 Å². The fraction of sp³-hybridized carbons (Fsp3) is 1.00. The number of hydrogen-bond acceptors (Lipinski definition) is 1. The standard InChI is InChI=1S/C4H9N2O2P/c7-9(8,5-1-2-5)6-3-4-6/h1-4H2,(H,7,8)/i1D,3D. The highest BCUT2D eigenvalue weighted by atomic mass is 31.2. The van der Waals surface area contributed by atoms with Crippen molar-refractivity contribution in [3.63, 3.8) is 0 Å². The van der Waals surface area contributed by atoms with Crippen LogP contribution < -0.4 is 0 Å². The topological polar surface area (TPSA) is 43.3 Å². The van der Waals surface area contributed by atoms with E-state index in [0.29, 0.717) is 13.1 Å².